The summed E-state index contributed by atoms with van der Waals surface area (Å²) >= 11 is 0. The van der Waals surface area contributed by atoms with Crippen LogP contribution in [0.1, 0.15) is 350 Å². The Morgan fingerprint density at radius 1 is 0.265 bits per heavy atom. The van der Waals surface area contributed by atoms with Crippen LogP contribution in [0.25, 0.3) is 65.3 Å². The summed E-state index contributed by atoms with van der Waals surface area (Å²) < 4.78 is 30.9. The van der Waals surface area contributed by atoms with E-state index < -0.39 is 35.6 Å². The third-order valence-corrected chi connectivity index (χ3v) is 26.4. The van der Waals surface area contributed by atoms with Gasteiger partial charge in [-0.3, -0.25) is 19.2 Å². The van der Waals surface area contributed by atoms with Gasteiger partial charge in [0.05, 0.1) is 44.8 Å². The molecule has 2 aliphatic rings. The molecule has 684 valence electrons. The van der Waals surface area contributed by atoms with Gasteiger partial charge in [-0.1, -0.05) is 267 Å². The second-order valence-corrected chi connectivity index (χ2v) is 46.0. The van der Waals surface area contributed by atoms with Crippen LogP contribution in [-0.4, -0.2) is 45.8 Å². The summed E-state index contributed by atoms with van der Waals surface area (Å²) in [5.74, 6) is -3.43. The molecule has 0 aromatic heterocycles. The molecule has 0 bridgehead atoms. The number of carbonyl (C=O) groups excluding carboxylic acids is 4. The van der Waals surface area contributed by atoms with Crippen LogP contribution in [0.4, 0.5) is 11.4 Å². The molecule has 15 rings (SSSR count). The first kappa shape index (κ1) is 94.2. The average Bonchev–Trinajstić information content (AvgIpc) is 0.667. The lowest BCUT2D eigenvalue weighted by Gasteiger charge is -2.35. The van der Waals surface area contributed by atoms with Gasteiger partial charge in [-0.15, -0.1) is 0 Å². The molecule has 2 heterocycles. The van der Waals surface area contributed by atoms with Crippen molar-refractivity contribution in [2.24, 2.45) is 21.7 Å². The molecule has 0 unspecified atom stereocenters. The van der Waals surface area contributed by atoms with Gasteiger partial charge in [0.2, 0.25) is 0 Å². The zero-order valence-corrected chi connectivity index (χ0v) is 82.5. The van der Waals surface area contributed by atoms with Crippen molar-refractivity contribution in [2.75, 3.05) is 9.80 Å². The van der Waals surface area contributed by atoms with Crippen LogP contribution in [0.2, 0.25) is 0 Å². The lowest BCUT2D eigenvalue weighted by Crippen LogP contribution is -2.42. The highest BCUT2D eigenvalue weighted by Crippen LogP contribution is 2.60. The molecule has 13 aromatic rings. The van der Waals surface area contributed by atoms with Crippen molar-refractivity contribution in [3.63, 3.8) is 0 Å². The van der Waals surface area contributed by atoms with Crippen LogP contribution < -0.4 is 28.7 Å². The monoisotopic (exact) mass is 1770 g/mol. The second kappa shape index (κ2) is 34.0. The van der Waals surface area contributed by atoms with Gasteiger partial charge in [0.15, 0.2) is 0 Å². The summed E-state index contributed by atoms with van der Waals surface area (Å²) in [5, 5.41) is 22.9. The van der Waals surface area contributed by atoms with Crippen molar-refractivity contribution in [3.8, 4) is 68.2 Å². The number of carbonyl (C=O) groups is 6. The lowest BCUT2D eigenvalue weighted by molar-refractivity contribution is 0.0686. The van der Waals surface area contributed by atoms with Crippen LogP contribution in [0.5, 0.6) is 46.0 Å². The molecule has 0 fully saturated rings. The summed E-state index contributed by atoms with van der Waals surface area (Å²) in [7, 11) is 0. The fourth-order valence-electron chi connectivity index (χ4n) is 21.9. The summed E-state index contributed by atoms with van der Waals surface area (Å²) in [6, 6.07) is 60.8. The molecular weight excluding hydrogens is 1640 g/mol. The van der Waals surface area contributed by atoms with Crippen molar-refractivity contribution in [3.05, 3.63) is 272 Å². The Morgan fingerprint density at radius 2 is 0.462 bits per heavy atom. The fraction of sp³-hybridized carbons (Fsp3) is 0.373. The molecule has 14 heteroatoms. The predicted molar refractivity (Wildman–Crippen MR) is 538 cm³/mol. The summed E-state index contributed by atoms with van der Waals surface area (Å²) in [4.78, 5) is 97.0. The van der Waals surface area contributed by atoms with E-state index in [9.17, 15) is 19.8 Å². The Morgan fingerprint density at radius 3 is 0.636 bits per heavy atom. The Hall–Kier alpha value is -12.4. The minimum atomic E-state index is -1.05. The molecule has 2 N–H and O–H groups in total. The van der Waals surface area contributed by atoms with E-state index in [4.69, 9.17) is 18.9 Å². The van der Waals surface area contributed by atoms with E-state index in [2.05, 4.69) is 187 Å². The molecule has 0 radical (unpaired) electrons. The van der Waals surface area contributed by atoms with E-state index in [1.54, 1.807) is 72.8 Å². The molecule has 0 aliphatic carbocycles. The van der Waals surface area contributed by atoms with Gasteiger partial charge in [0, 0.05) is 43.1 Å². The van der Waals surface area contributed by atoms with Crippen molar-refractivity contribution in [1.82, 2.24) is 0 Å². The van der Waals surface area contributed by atoms with Gasteiger partial charge >= 0.3 is 11.9 Å². The van der Waals surface area contributed by atoms with E-state index >= 15 is 19.2 Å². The molecule has 0 saturated heterocycles. The topological polar surface area (TPSA) is 186 Å². The Balaban J connectivity index is 1.13. The van der Waals surface area contributed by atoms with Gasteiger partial charge in [0.1, 0.15) is 46.0 Å². The summed E-state index contributed by atoms with van der Waals surface area (Å²) in [6.07, 6.45) is 3.46. The van der Waals surface area contributed by atoms with Crippen molar-refractivity contribution < 1.29 is 57.9 Å². The number of hydrogen-bond donors (Lipinski definition) is 2. The van der Waals surface area contributed by atoms with Crippen LogP contribution >= 0.6 is 0 Å². The molecule has 14 nitrogen and oxygen atoms in total. The molecular formula is C118H130N2O12. The van der Waals surface area contributed by atoms with Crippen LogP contribution in [0, 0.1) is 21.7 Å². The van der Waals surface area contributed by atoms with E-state index in [0.717, 1.165) is 70.2 Å². The second-order valence-electron chi connectivity index (χ2n) is 46.0. The Labute approximate surface area is 779 Å². The van der Waals surface area contributed by atoms with E-state index in [1.165, 1.54) is 9.80 Å². The average molecular weight is 1770 g/mol. The first-order valence-corrected chi connectivity index (χ1v) is 46.8. The smallest absolute Gasteiger partial charge is 0.335 e. The molecule has 0 atom stereocenters. The van der Waals surface area contributed by atoms with Crippen molar-refractivity contribution in [1.29, 1.82) is 0 Å². The maximum atomic E-state index is 17.4. The van der Waals surface area contributed by atoms with Gasteiger partial charge < -0.3 is 29.2 Å². The number of amides is 4. The van der Waals surface area contributed by atoms with Gasteiger partial charge in [-0.25, -0.2) is 19.4 Å². The standard InChI is InChI=1S/C118H130N2O12/c1-65(2)83-53-73(69-29-33-71(34-30-69)109(125)126)54-84(66(3)4)103(83)119-105(121)87-57-91(129-79-45-37-75(38-46-79)115(21,22)61-111(9,10)11)97-99-93(131-81-49-41-77(42-50-81)117(25,26)63-113(15,16)17)59-89-96-90(108(124)120(107(89)123)104-85(67(5)6)55-74(56-86(104)68(7)8)70-31-35-72(36-32-70)110(127)128)60-94(132-82-51-43-78(44-52-82)118(27,28)64-114(18,19)20)100(102(96)99)98-92(58-88(106(119)122)95(87)101(97)98)130-80-47-39-76(40-48-80)116(23,24)62-112(12,13)14/h29-60,65-68H,61-64H2,1-28H3,(H,125,126)(H,127,128). The lowest BCUT2D eigenvalue weighted by atomic mass is 9.72. The highest BCUT2D eigenvalue weighted by atomic mass is 16.5. The largest absolute Gasteiger partial charge is 0.478 e. The molecule has 0 saturated carbocycles. The van der Waals surface area contributed by atoms with E-state index in [-0.39, 0.29) is 134 Å². The number of rotatable bonds is 26. The number of carboxylic acids is 2. The maximum Gasteiger partial charge on any atom is 0.335 e. The molecule has 4 amide bonds. The highest BCUT2D eigenvalue weighted by Gasteiger charge is 2.46. The number of benzene rings is 13. The number of hydrogen-bond acceptors (Lipinski definition) is 10. The number of aromatic carboxylic acids is 2. The minimum absolute atomic E-state index is 0.0281. The zero-order valence-electron chi connectivity index (χ0n) is 82.5. The summed E-state index contributed by atoms with van der Waals surface area (Å²) in [6.45, 7) is 61.2. The minimum Gasteiger partial charge on any atom is -0.478 e. The molecule has 0 spiro atoms. The Bertz CT molecular complexity index is 6030. The van der Waals surface area contributed by atoms with Crippen molar-refractivity contribution >= 4 is 90.0 Å². The molecule has 132 heavy (non-hydrogen) atoms. The van der Waals surface area contributed by atoms with Crippen molar-refractivity contribution in [2.45, 2.75) is 265 Å². The Kier molecular flexibility index (Phi) is 24.3. The van der Waals surface area contributed by atoms with E-state index in [0.29, 0.717) is 88.9 Å². The van der Waals surface area contributed by atoms with Gasteiger partial charge in [-0.2, -0.15) is 0 Å². The van der Waals surface area contributed by atoms with Crippen LogP contribution in [-0.2, 0) is 21.7 Å². The molecule has 13 aromatic carbocycles. The number of fused-ring (bicyclic) bond motifs is 2. The fourth-order valence-corrected chi connectivity index (χ4v) is 21.9. The van der Waals surface area contributed by atoms with Crippen LogP contribution in [0.3, 0.4) is 0 Å². The van der Waals surface area contributed by atoms with E-state index in [1.807, 2.05) is 128 Å². The third-order valence-electron chi connectivity index (χ3n) is 26.4. The highest BCUT2D eigenvalue weighted by molar-refractivity contribution is 6.48. The molecule has 2 aliphatic heterocycles. The first-order valence-electron chi connectivity index (χ1n) is 46.8. The predicted octanol–water partition coefficient (Wildman–Crippen LogP) is 32.6. The first-order chi connectivity index (χ1) is 61.5. The summed E-state index contributed by atoms with van der Waals surface area (Å²) in [5.41, 5.74) is 10.5. The number of imide groups is 2. The third kappa shape index (κ3) is 18.3. The normalized spacial score (nSPS) is 13.8. The van der Waals surface area contributed by atoms with Gasteiger partial charge in [0.25, 0.3) is 23.6 Å². The zero-order chi connectivity index (χ0) is 96.0. The number of ether oxygens (including phenoxy) is 4. The SMILES string of the molecule is CC(C)c1cc(-c2ccc(C(=O)O)cc2)cc(C(C)C)c1N1C(=O)c2cc(Oc3ccc(C(C)(C)CC(C)(C)C)cc3)c3c4c(Oc5ccc(C(C)(C)CC(C)(C)C)cc5)cc5c6c(cc(Oc7ccc(C(C)(C)CC(C)(C)C)cc7)c(c7c(Oc8ccc(C(C)(C)CC(C)(C)C)cc8)cc(c2c37)C1=O)c64)C(=O)N(c1c(C(C)C)cc(-c2ccc(C(=O)O)cc2)cc1C(C)C)C5=O. The number of anilines is 2. The van der Waals surface area contributed by atoms with Gasteiger partial charge in [-0.05, 0) is 281 Å². The number of nitrogens with zero attached hydrogens (tertiary/aromatic N) is 2. The van der Waals surface area contributed by atoms with Crippen LogP contribution in [0.15, 0.2) is 194 Å². The number of carboxylic acid groups (broad SMARTS) is 2. The quantitative estimate of drug-likeness (QED) is 0.0297. The maximum absolute atomic E-state index is 17.4.